The Bertz CT molecular complexity index is 1070. The van der Waals surface area contributed by atoms with Gasteiger partial charge in [-0.05, 0) is 64.2 Å². The van der Waals surface area contributed by atoms with Crippen LogP contribution >= 0.6 is 7.82 Å². The van der Waals surface area contributed by atoms with E-state index in [1.54, 1.807) is 0 Å². The van der Waals surface area contributed by atoms with Gasteiger partial charge in [0.2, 0.25) is 0 Å². The second kappa shape index (κ2) is 54.9. The monoisotopic (exact) mass is 954 g/mol. The van der Waals surface area contributed by atoms with Gasteiger partial charge in [0.25, 0.3) is 0 Å². The molecule has 0 heterocycles. The third-order valence-electron chi connectivity index (χ3n) is 12.8. The number of hydrogen-bond acceptors (Lipinski definition) is 7. The molecule has 0 saturated heterocycles. The van der Waals surface area contributed by atoms with Crippen molar-refractivity contribution in [1.82, 2.24) is 0 Å². The van der Waals surface area contributed by atoms with Gasteiger partial charge in [-0.3, -0.25) is 13.8 Å². The lowest BCUT2D eigenvalue weighted by Crippen LogP contribution is -2.28. The number of carbonyl (C=O) groups is 1. The number of allylic oxidation sites excluding steroid dienone is 4. The molecule has 66 heavy (non-hydrogen) atoms. The van der Waals surface area contributed by atoms with Crippen LogP contribution in [0.4, 0.5) is 0 Å². The standard InChI is InChI=1S/C57H112NO7P/c1-3-5-7-9-11-13-15-17-19-21-23-25-26-27-28-29-31-33-35-37-39-41-43-45-47-49-52-62-54-56(55-64-66(60,61)63-53-51-58)65-57(59)50-48-46-44-42-40-38-36-34-32-30-24-22-20-18-16-14-12-10-8-6-4-2/h21-24,56H,3-20,25-55,58H2,1-2H3,(H,60,61)/b23-21-,24-22-. The third kappa shape index (κ3) is 53.9. The van der Waals surface area contributed by atoms with Gasteiger partial charge < -0.3 is 20.1 Å². The molecule has 0 aliphatic heterocycles. The third-order valence-corrected chi connectivity index (χ3v) is 13.8. The second-order valence-electron chi connectivity index (χ2n) is 19.5. The van der Waals surface area contributed by atoms with Crippen LogP contribution in [-0.4, -0.2) is 49.9 Å². The number of rotatable bonds is 56. The number of esters is 1. The molecule has 0 aromatic heterocycles. The molecule has 0 bridgehead atoms. The zero-order chi connectivity index (χ0) is 48.0. The van der Waals surface area contributed by atoms with E-state index in [4.69, 9.17) is 24.3 Å². The Labute approximate surface area is 410 Å². The number of unbranched alkanes of at least 4 members (excludes halogenated alkanes) is 39. The molecule has 0 aliphatic carbocycles. The lowest BCUT2D eigenvalue weighted by atomic mass is 10.0. The summed E-state index contributed by atoms with van der Waals surface area (Å²) in [5.74, 6) is -0.326. The first kappa shape index (κ1) is 65.0. The molecule has 2 unspecified atom stereocenters. The summed E-state index contributed by atoms with van der Waals surface area (Å²) in [5.41, 5.74) is 5.40. The van der Waals surface area contributed by atoms with Gasteiger partial charge in [-0.25, -0.2) is 4.57 Å². The Morgan fingerprint density at radius 3 is 1.11 bits per heavy atom. The number of phosphoric ester groups is 1. The molecule has 392 valence electrons. The summed E-state index contributed by atoms with van der Waals surface area (Å²) in [6.45, 7) is 4.99. The van der Waals surface area contributed by atoms with Crippen LogP contribution in [0.3, 0.4) is 0 Å². The maximum absolute atomic E-state index is 12.7. The quantitative estimate of drug-likeness (QED) is 0.0268. The minimum absolute atomic E-state index is 0.0934. The van der Waals surface area contributed by atoms with Gasteiger partial charge in [0.1, 0.15) is 6.10 Å². The number of ether oxygens (including phenoxy) is 2. The van der Waals surface area contributed by atoms with E-state index in [1.807, 2.05) is 0 Å². The van der Waals surface area contributed by atoms with E-state index in [1.165, 1.54) is 244 Å². The lowest BCUT2D eigenvalue weighted by molar-refractivity contribution is -0.154. The van der Waals surface area contributed by atoms with Crippen LogP contribution in [0.5, 0.6) is 0 Å². The first-order valence-electron chi connectivity index (χ1n) is 28.8. The highest BCUT2D eigenvalue weighted by molar-refractivity contribution is 7.47. The van der Waals surface area contributed by atoms with Crippen molar-refractivity contribution in [2.75, 3.05) is 33.0 Å². The van der Waals surface area contributed by atoms with Crippen LogP contribution in [0.2, 0.25) is 0 Å². The van der Waals surface area contributed by atoms with Crippen LogP contribution in [0, 0.1) is 0 Å². The van der Waals surface area contributed by atoms with Gasteiger partial charge in [-0.2, -0.15) is 0 Å². The minimum atomic E-state index is -4.28. The van der Waals surface area contributed by atoms with Crippen molar-refractivity contribution >= 4 is 13.8 Å². The Morgan fingerprint density at radius 1 is 0.439 bits per heavy atom. The van der Waals surface area contributed by atoms with Crippen molar-refractivity contribution in [3.8, 4) is 0 Å². The summed E-state index contributed by atoms with van der Waals surface area (Å²) < 4.78 is 33.7. The number of nitrogens with two attached hydrogens (primary N) is 1. The summed E-state index contributed by atoms with van der Waals surface area (Å²) in [6, 6.07) is 0. The Morgan fingerprint density at radius 2 is 0.758 bits per heavy atom. The predicted octanol–water partition coefficient (Wildman–Crippen LogP) is 18.3. The normalized spacial score (nSPS) is 13.3. The highest BCUT2D eigenvalue weighted by Crippen LogP contribution is 2.43. The van der Waals surface area contributed by atoms with Crippen molar-refractivity contribution in [3.63, 3.8) is 0 Å². The van der Waals surface area contributed by atoms with Gasteiger partial charge >= 0.3 is 13.8 Å². The van der Waals surface area contributed by atoms with Crippen LogP contribution in [0.1, 0.15) is 296 Å². The summed E-state index contributed by atoms with van der Waals surface area (Å²) in [6.07, 6.45) is 65.2. The Balaban J connectivity index is 3.85. The van der Waals surface area contributed by atoms with Crippen molar-refractivity contribution in [2.24, 2.45) is 5.73 Å². The molecule has 0 fully saturated rings. The van der Waals surface area contributed by atoms with Crippen molar-refractivity contribution in [3.05, 3.63) is 24.3 Å². The molecule has 0 aromatic carbocycles. The van der Waals surface area contributed by atoms with Crippen LogP contribution in [0.15, 0.2) is 24.3 Å². The molecule has 0 amide bonds. The molecule has 0 rings (SSSR count). The molecule has 0 aliphatic rings. The highest BCUT2D eigenvalue weighted by atomic mass is 31.2. The van der Waals surface area contributed by atoms with E-state index >= 15 is 0 Å². The van der Waals surface area contributed by atoms with Gasteiger partial charge in [0.05, 0.1) is 19.8 Å². The summed E-state index contributed by atoms with van der Waals surface area (Å²) in [7, 11) is -4.28. The average Bonchev–Trinajstić information content (AvgIpc) is 3.31. The topological polar surface area (TPSA) is 117 Å². The van der Waals surface area contributed by atoms with E-state index in [0.717, 1.165) is 32.1 Å². The maximum atomic E-state index is 12.7. The lowest BCUT2D eigenvalue weighted by Gasteiger charge is -2.20. The molecule has 0 radical (unpaired) electrons. The van der Waals surface area contributed by atoms with E-state index < -0.39 is 13.9 Å². The molecule has 0 spiro atoms. The Kier molecular flexibility index (Phi) is 54.1. The summed E-state index contributed by atoms with van der Waals surface area (Å²) in [5, 5.41) is 0. The highest BCUT2D eigenvalue weighted by Gasteiger charge is 2.25. The van der Waals surface area contributed by atoms with E-state index in [2.05, 4.69) is 38.2 Å². The maximum Gasteiger partial charge on any atom is 0.472 e. The SMILES string of the molecule is CCCCCCCCCC/C=C\CCCCCCCCCCCCCCCCOCC(COP(=O)(O)OCCN)OC(=O)CCCCCCCCCCC/C=C\CCCCCCCCCC. The molecule has 2 atom stereocenters. The van der Waals surface area contributed by atoms with E-state index in [0.29, 0.717) is 13.0 Å². The number of phosphoric acid groups is 1. The van der Waals surface area contributed by atoms with Crippen LogP contribution in [0.25, 0.3) is 0 Å². The first-order chi connectivity index (χ1) is 32.4. The number of hydrogen-bond donors (Lipinski definition) is 2. The first-order valence-corrected chi connectivity index (χ1v) is 30.3. The summed E-state index contributed by atoms with van der Waals surface area (Å²) >= 11 is 0. The van der Waals surface area contributed by atoms with Crippen molar-refractivity contribution < 1.29 is 32.8 Å². The predicted molar refractivity (Wildman–Crippen MR) is 284 cm³/mol. The summed E-state index contributed by atoms with van der Waals surface area (Å²) in [4.78, 5) is 22.7. The average molecular weight is 954 g/mol. The molecule has 0 saturated carbocycles. The molecule has 0 aromatic rings. The van der Waals surface area contributed by atoms with Crippen molar-refractivity contribution in [2.45, 2.75) is 302 Å². The number of carbonyl (C=O) groups excluding carboxylic acids is 1. The molecule has 8 nitrogen and oxygen atoms in total. The fraction of sp³-hybridized carbons (Fsp3) is 0.912. The Hall–Kier alpha value is -1.02. The van der Waals surface area contributed by atoms with Gasteiger partial charge in [0.15, 0.2) is 0 Å². The fourth-order valence-electron chi connectivity index (χ4n) is 8.58. The smallest absolute Gasteiger partial charge is 0.457 e. The molecule has 3 N–H and O–H groups in total. The molecular formula is C57H112NO7P. The van der Waals surface area contributed by atoms with Gasteiger partial charge in [-0.1, -0.05) is 250 Å². The second-order valence-corrected chi connectivity index (χ2v) is 21.0. The van der Waals surface area contributed by atoms with Crippen LogP contribution < -0.4 is 5.73 Å². The largest absolute Gasteiger partial charge is 0.472 e. The fourth-order valence-corrected chi connectivity index (χ4v) is 9.34. The van der Waals surface area contributed by atoms with Crippen molar-refractivity contribution in [1.29, 1.82) is 0 Å². The van der Waals surface area contributed by atoms with E-state index in [-0.39, 0.29) is 32.3 Å². The molecule has 9 heteroatoms. The minimum Gasteiger partial charge on any atom is -0.457 e. The zero-order valence-corrected chi connectivity index (χ0v) is 44.9. The van der Waals surface area contributed by atoms with Gasteiger partial charge in [-0.15, -0.1) is 0 Å². The zero-order valence-electron chi connectivity index (χ0n) is 44.0. The van der Waals surface area contributed by atoms with Crippen LogP contribution in [-0.2, 0) is 27.9 Å². The molecular weight excluding hydrogens is 842 g/mol. The van der Waals surface area contributed by atoms with E-state index in [9.17, 15) is 14.3 Å². The van der Waals surface area contributed by atoms with Gasteiger partial charge in [0, 0.05) is 19.6 Å².